The molecule has 0 radical (unpaired) electrons. The number of benzene rings is 2. The molecule has 2 aromatic carbocycles. The number of carbonyl (C=O) groups excluding carboxylic acids is 2. The number of ether oxygens (including phenoxy) is 3. The molecule has 2 aromatic rings. The Hall–Kier alpha value is -2.55. The summed E-state index contributed by atoms with van der Waals surface area (Å²) in [6.07, 6.45) is 1.82. The number of anilines is 1. The Labute approximate surface area is 177 Å². The fraction of sp³-hybridized carbons (Fsp3) is 0.238. The Bertz CT molecular complexity index is 938. The van der Waals surface area contributed by atoms with E-state index in [1.54, 1.807) is 13.0 Å². The van der Waals surface area contributed by atoms with Crippen molar-refractivity contribution in [2.24, 2.45) is 0 Å². The van der Waals surface area contributed by atoms with Gasteiger partial charge in [-0.25, -0.2) is 4.79 Å². The molecule has 0 unspecified atom stereocenters. The number of rotatable bonds is 7. The van der Waals surface area contributed by atoms with Crippen LogP contribution in [0.4, 0.5) is 5.69 Å². The molecule has 0 spiro atoms. The first-order chi connectivity index (χ1) is 13.5. The molecule has 6 nitrogen and oxygen atoms in total. The topological polar surface area (TPSA) is 73.9 Å². The lowest BCUT2D eigenvalue weighted by Gasteiger charge is -2.14. The Morgan fingerprint density at radius 1 is 1.14 bits per heavy atom. The van der Waals surface area contributed by atoms with Crippen LogP contribution in [-0.2, 0) is 14.3 Å². The maximum atomic E-state index is 12.3. The highest BCUT2D eigenvalue weighted by atomic mass is 127. The van der Waals surface area contributed by atoms with E-state index < -0.39 is 5.97 Å². The first-order valence-corrected chi connectivity index (χ1v) is 9.98. The van der Waals surface area contributed by atoms with Gasteiger partial charge in [0.15, 0.2) is 18.1 Å². The number of nitrogens with one attached hydrogen (secondary N) is 1. The van der Waals surface area contributed by atoms with Gasteiger partial charge in [-0.2, -0.15) is 0 Å². The number of halogens is 1. The van der Waals surface area contributed by atoms with Gasteiger partial charge >= 0.3 is 5.97 Å². The van der Waals surface area contributed by atoms with Crippen LogP contribution in [0.15, 0.2) is 36.4 Å². The average molecular weight is 493 g/mol. The van der Waals surface area contributed by atoms with Crippen molar-refractivity contribution in [3.8, 4) is 11.5 Å². The normalized spacial score (nSPS) is 13.8. The molecule has 1 N–H and O–H groups in total. The molecule has 1 aliphatic heterocycles. The smallest absolute Gasteiger partial charge is 0.344 e. The number of carbonyl (C=O) groups is 2. The molecule has 1 amide bonds. The van der Waals surface area contributed by atoms with E-state index >= 15 is 0 Å². The maximum absolute atomic E-state index is 12.3. The van der Waals surface area contributed by atoms with Gasteiger partial charge < -0.3 is 19.5 Å². The number of hydrogen-bond acceptors (Lipinski definition) is 5. The van der Waals surface area contributed by atoms with Gasteiger partial charge in [0.1, 0.15) is 0 Å². The summed E-state index contributed by atoms with van der Waals surface area (Å²) in [5, 5.41) is 2.86. The SMILES string of the molecule is CCOC(=O)COc1c(I)cc(C=C2C(=O)Nc3ccccc32)cc1OCC. The summed E-state index contributed by atoms with van der Waals surface area (Å²) in [5.41, 5.74) is 3.06. The van der Waals surface area contributed by atoms with Crippen molar-refractivity contribution in [1.29, 1.82) is 0 Å². The number of fused-ring (bicyclic) bond motifs is 1. The highest BCUT2D eigenvalue weighted by Crippen LogP contribution is 2.37. The van der Waals surface area contributed by atoms with Crippen LogP contribution in [0.2, 0.25) is 0 Å². The van der Waals surface area contributed by atoms with Crippen LogP contribution in [0.3, 0.4) is 0 Å². The van der Waals surface area contributed by atoms with Crippen molar-refractivity contribution >= 4 is 51.8 Å². The lowest BCUT2D eigenvalue weighted by Crippen LogP contribution is -2.15. The monoisotopic (exact) mass is 493 g/mol. The van der Waals surface area contributed by atoms with E-state index in [2.05, 4.69) is 27.9 Å². The Morgan fingerprint density at radius 3 is 2.68 bits per heavy atom. The van der Waals surface area contributed by atoms with Crippen LogP contribution in [0.25, 0.3) is 11.6 Å². The maximum Gasteiger partial charge on any atom is 0.344 e. The van der Waals surface area contributed by atoms with Gasteiger partial charge in [-0.1, -0.05) is 18.2 Å². The second-order valence-corrected chi connectivity index (χ2v) is 7.08. The summed E-state index contributed by atoms with van der Waals surface area (Å²) in [4.78, 5) is 24.0. The molecule has 0 saturated carbocycles. The lowest BCUT2D eigenvalue weighted by molar-refractivity contribution is -0.145. The van der Waals surface area contributed by atoms with Gasteiger partial charge in [-0.3, -0.25) is 4.79 Å². The summed E-state index contributed by atoms with van der Waals surface area (Å²) in [6, 6.07) is 11.2. The predicted octanol–water partition coefficient (Wildman–Crippen LogP) is 4.12. The molecule has 1 heterocycles. The zero-order valence-electron chi connectivity index (χ0n) is 15.6. The van der Waals surface area contributed by atoms with Gasteiger partial charge in [-0.15, -0.1) is 0 Å². The first-order valence-electron chi connectivity index (χ1n) is 8.90. The summed E-state index contributed by atoms with van der Waals surface area (Å²) in [5.74, 6) is 0.411. The Balaban J connectivity index is 1.93. The summed E-state index contributed by atoms with van der Waals surface area (Å²) < 4.78 is 17.0. The molecule has 0 bridgehead atoms. The van der Waals surface area contributed by atoms with Gasteiger partial charge in [0, 0.05) is 16.8 Å². The third-order valence-electron chi connectivity index (χ3n) is 3.99. The van der Waals surface area contributed by atoms with Crippen molar-refractivity contribution in [1.82, 2.24) is 0 Å². The molecule has 0 saturated heterocycles. The van der Waals surface area contributed by atoms with E-state index in [1.807, 2.05) is 43.3 Å². The lowest BCUT2D eigenvalue weighted by atomic mass is 10.0. The number of amides is 1. The van der Waals surface area contributed by atoms with E-state index in [1.165, 1.54) is 0 Å². The van der Waals surface area contributed by atoms with Crippen molar-refractivity contribution in [2.45, 2.75) is 13.8 Å². The summed E-state index contributed by atoms with van der Waals surface area (Å²) in [7, 11) is 0. The van der Waals surface area contributed by atoms with E-state index in [4.69, 9.17) is 14.2 Å². The number of para-hydroxylation sites is 1. The van der Waals surface area contributed by atoms with Crippen LogP contribution in [0, 0.1) is 3.57 Å². The Kier molecular flexibility index (Phi) is 6.56. The van der Waals surface area contributed by atoms with Gasteiger partial charge in [0.05, 0.1) is 16.8 Å². The average Bonchev–Trinajstić information content (AvgIpc) is 2.97. The van der Waals surface area contributed by atoms with Gasteiger partial charge in [0.25, 0.3) is 5.91 Å². The van der Waals surface area contributed by atoms with Crippen LogP contribution >= 0.6 is 22.6 Å². The fourth-order valence-electron chi connectivity index (χ4n) is 2.86. The standard InChI is InChI=1S/C21H20INO5/c1-3-26-18-11-13(10-16(22)20(18)28-12-19(24)27-4-2)9-15-14-7-5-6-8-17(14)23-21(15)25/h5-11H,3-4,12H2,1-2H3,(H,23,25). The van der Waals surface area contributed by atoms with E-state index in [-0.39, 0.29) is 12.5 Å². The van der Waals surface area contributed by atoms with Crippen LogP contribution in [0.1, 0.15) is 25.0 Å². The predicted molar refractivity (Wildman–Crippen MR) is 115 cm³/mol. The zero-order valence-corrected chi connectivity index (χ0v) is 17.7. The minimum atomic E-state index is -0.439. The van der Waals surface area contributed by atoms with E-state index in [9.17, 15) is 9.59 Å². The molecule has 7 heteroatoms. The van der Waals surface area contributed by atoms with Gasteiger partial charge in [-0.05, 0) is 66.3 Å². The van der Waals surface area contributed by atoms with Crippen molar-refractivity contribution in [3.05, 3.63) is 51.1 Å². The summed E-state index contributed by atoms with van der Waals surface area (Å²) >= 11 is 2.12. The van der Waals surface area contributed by atoms with Crippen molar-refractivity contribution in [3.63, 3.8) is 0 Å². The highest BCUT2D eigenvalue weighted by molar-refractivity contribution is 14.1. The quantitative estimate of drug-likeness (QED) is 0.357. The van der Waals surface area contributed by atoms with Gasteiger partial charge in [0.2, 0.25) is 0 Å². The second kappa shape index (κ2) is 9.09. The molecule has 0 atom stereocenters. The molecule has 146 valence electrons. The van der Waals surface area contributed by atoms with Crippen LogP contribution in [0.5, 0.6) is 11.5 Å². The highest BCUT2D eigenvalue weighted by Gasteiger charge is 2.24. The van der Waals surface area contributed by atoms with E-state index in [0.717, 1.165) is 20.4 Å². The third kappa shape index (κ3) is 4.46. The van der Waals surface area contributed by atoms with E-state index in [0.29, 0.717) is 30.3 Å². The molecule has 3 rings (SSSR count). The van der Waals surface area contributed by atoms with Crippen LogP contribution in [-0.4, -0.2) is 31.7 Å². The van der Waals surface area contributed by atoms with Crippen LogP contribution < -0.4 is 14.8 Å². The minimum Gasteiger partial charge on any atom is -0.490 e. The fourth-order valence-corrected chi connectivity index (χ4v) is 3.64. The zero-order chi connectivity index (χ0) is 20.1. The van der Waals surface area contributed by atoms with Crippen molar-refractivity contribution in [2.75, 3.05) is 25.1 Å². The molecule has 0 aliphatic carbocycles. The number of hydrogen-bond donors (Lipinski definition) is 1. The first kappa shape index (κ1) is 20.2. The van der Waals surface area contributed by atoms with Crippen molar-refractivity contribution < 1.29 is 23.8 Å². The molecule has 28 heavy (non-hydrogen) atoms. The molecule has 0 aromatic heterocycles. The number of esters is 1. The minimum absolute atomic E-state index is 0.142. The molecular weight excluding hydrogens is 473 g/mol. The summed E-state index contributed by atoms with van der Waals surface area (Å²) in [6.45, 7) is 4.16. The Morgan fingerprint density at radius 2 is 1.93 bits per heavy atom. The molecular formula is C21H20INO5. The molecule has 1 aliphatic rings. The second-order valence-electron chi connectivity index (χ2n) is 5.91. The largest absolute Gasteiger partial charge is 0.490 e. The third-order valence-corrected chi connectivity index (χ3v) is 4.79. The molecule has 0 fully saturated rings.